The number of rotatable bonds is 5. The topological polar surface area (TPSA) is 75.9 Å². The van der Waals surface area contributed by atoms with Crippen LogP contribution in [0.25, 0.3) is 0 Å². The highest BCUT2D eigenvalue weighted by Crippen LogP contribution is 2.30. The predicted octanol–water partition coefficient (Wildman–Crippen LogP) is 5.03. The Morgan fingerprint density at radius 2 is 1.68 bits per heavy atom. The molecule has 0 saturated heterocycles. The van der Waals surface area contributed by atoms with Gasteiger partial charge in [0, 0.05) is 22.3 Å². The first kappa shape index (κ1) is 17.3. The molecule has 0 atom stereocenters. The maximum atomic E-state index is 6.21. The summed E-state index contributed by atoms with van der Waals surface area (Å²) in [5, 5.41) is 7.77. The lowest BCUT2D eigenvalue weighted by molar-refractivity contribution is 1.09. The summed E-state index contributed by atoms with van der Waals surface area (Å²) in [5.41, 5.74) is 9.36. The van der Waals surface area contributed by atoms with Gasteiger partial charge in [0.2, 0.25) is 0 Å². The first-order chi connectivity index (χ1) is 12.1. The summed E-state index contributed by atoms with van der Waals surface area (Å²) in [6.45, 7) is 2.44. The summed E-state index contributed by atoms with van der Waals surface area (Å²) in [7, 11) is 0. The number of benzene rings is 2. The van der Waals surface area contributed by atoms with Crippen LogP contribution in [0.4, 0.5) is 23.0 Å². The van der Waals surface area contributed by atoms with Crippen LogP contribution in [0.1, 0.15) is 11.1 Å². The van der Waals surface area contributed by atoms with Gasteiger partial charge in [0.1, 0.15) is 12.0 Å². The molecule has 1 aromatic heterocycles. The monoisotopic (exact) mass is 373 g/mol. The van der Waals surface area contributed by atoms with Gasteiger partial charge in [0.05, 0.1) is 0 Å². The van der Waals surface area contributed by atoms with Gasteiger partial charge in [-0.25, -0.2) is 9.97 Å². The zero-order chi connectivity index (χ0) is 17.8. The Labute approximate surface area is 156 Å². The van der Waals surface area contributed by atoms with E-state index >= 15 is 0 Å². The fourth-order valence-electron chi connectivity index (χ4n) is 2.33. The van der Waals surface area contributed by atoms with Crippen LogP contribution in [-0.2, 0) is 6.54 Å². The van der Waals surface area contributed by atoms with E-state index in [0.29, 0.717) is 33.9 Å². The van der Waals surface area contributed by atoms with Gasteiger partial charge in [-0.1, -0.05) is 47.5 Å². The highest BCUT2D eigenvalue weighted by molar-refractivity contribution is 6.31. The van der Waals surface area contributed by atoms with Gasteiger partial charge in [-0.05, 0) is 36.2 Å². The minimum atomic E-state index is 0.425. The Morgan fingerprint density at radius 3 is 2.48 bits per heavy atom. The molecule has 0 aliphatic carbocycles. The van der Waals surface area contributed by atoms with Gasteiger partial charge in [0.25, 0.3) is 0 Å². The van der Waals surface area contributed by atoms with Crippen LogP contribution in [0.3, 0.4) is 0 Å². The molecular weight excluding hydrogens is 357 g/mol. The van der Waals surface area contributed by atoms with Crippen LogP contribution in [-0.4, -0.2) is 9.97 Å². The number of nitrogens with one attached hydrogen (secondary N) is 2. The summed E-state index contributed by atoms with van der Waals surface area (Å²) in [6.07, 6.45) is 1.45. The number of aromatic nitrogens is 2. The molecule has 4 N–H and O–H groups in total. The molecule has 0 amide bonds. The normalized spacial score (nSPS) is 10.5. The Balaban J connectivity index is 1.80. The van der Waals surface area contributed by atoms with Crippen LogP contribution in [0, 0.1) is 6.92 Å². The van der Waals surface area contributed by atoms with Crippen LogP contribution >= 0.6 is 23.2 Å². The van der Waals surface area contributed by atoms with E-state index in [0.717, 1.165) is 16.8 Å². The molecule has 0 fully saturated rings. The third-order valence-electron chi connectivity index (χ3n) is 3.81. The Bertz CT molecular complexity index is 898. The van der Waals surface area contributed by atoms with Crippen molar-refractivity contribution >= 4 is 46.2 Å². The maximum absolute atomic E-state index is 6.21. The number of halogens is 2. The second-order valence-corrected chi connectivity index (χ2v) is 6.28. The number of hydrogen-bond donors (Lipinski definition) is 3. The van der Waals surface area contributed by atoms with Crippen molar-refractivity contribution in [1.82, 2.24) is 9.97 Å². The van der Waals surface area contributed by atoms with Gasteiger partial charge in [-0.15, -0.1) is 0 Å². The smallest absolute Gasteiger partial charge is 0.159 e. The Hall–Kier alpha value is -2.50. The summed E-state index contributed by atoms with van der Waals surface area (Å²) in [6, 6.07) is 13.2. The zero-order valence-electron chi connectivity index (χ0n) is 13.6. The quantitative estimate of drug-likeness (QED) is 0.584. The molecule has 0 aliphatic heterocycles. The van der Waals surface area contributed by atoms with E-state index in [-0.39, 0.29) is 0 Å². The molecule has 0 saturated carbocycles. The van der Waals surface area contributed by atoms with Crippen LogP contribution in [0.2, 0.25) is 10.0 Å². The molecule has 0 aliphatic rings. The molecule has 128 valence electrons. The molecule has 2 aromatic carbocycles. The van der Waals surface area contributed by atoms with Crippen molar-refractivity contribution in [2.75, 3.05) is 16.4 Å². The van der Waals surface area contributed by atoms with E-state index in [1.54, 1.807) is 0 Å². The molecule has 5 nitrogen and oxygen atoms in total. The minimum Gasteiger partial charge on any atom is -0.393 e. The molecule has 25 heavy (non-hydrogen) atoms. The van der Waals surface area contributed by atoms with Crippen LogP contribution in [0.15, 0.2) is 48.8 Å². The zero-order valence-corrected chi connectivity index (χ0v) is 15.1. The van der Waals surface area contributed by atoms with Gasteiger partial charge < -0.3 is 16.4 Å². The lowest BCUT2D eigenvalue weighted by atomic mass is 10.2. The number of nitrogens with two attached hydrogens (primary N) is 1. The van der Waals surface area contributed by atoms with Crippen molar-refractivity contribution in [3.05, 3.63) is 70.0 Å². The van der Waals surface area contributed by atoms with Crippen molar-refractivity contribution in [1.29, 1.82) is 0 Å². The van der Waals surface area contributed by atoms with E-state index in [4.69, 9.17) is 28.9 Å². The lowest BCUT2D eigenvalue weighted by Gasteiger charge is -2.14. The molecule has 0 radical (unpaired) electrons. The first-order valence-electron chi connectivity index (χ1n) is 7.66. The van der Waals surface area contributed by atoms with E-state index in [1.165, 1.54) is 6.33 Å². The fourth-order valence-corrected chi connectivity index (χ4v) is 2.70. The Morgan fingerprint density at radius 1 is 0.960 bits per heavy atom. The van der Waals surface area contributed by atoms with Crippen molar-refractivity contribution in [3.8, 4) is 0 Å². The molecule has 3 rings (SSSR count). The van der Waals surface area contributed by atoms with Crippen molar-refractivity contribution in [2.45, 2.75) is 13.5 Å². The average Bonchev–Trinajstić information content (AvgIpc) is 2.61. The molecule has 3 aromatic rings. The van der Waals surface area contributed by atoms with Crippen molar-refractivity contribution in [2.24, 2.45) is 0 Å². The second kappa shape index (κ2) is 7.59. The Kier molecular flexibility index (Phi) is 5.26. The third-order valence-corrected chi connectivity index (χ3v) is 4.59. The highest BCUT2D eigenvalue weighted by Gasteiger charge is 2.10. The molecule has 1 heterocycles. The number of anilines is 4. The molecule has 0 unspecified atom stereocenters. The second-order valence-electron chi connectivity index (χ2n) is 5.47. The predicted molar refractivity (Wildman–Crippen MR) is 105 cm³/mol. The standard InChI is InChI=1S/C18H17Cl2N5/c1-11-13(19)7-4-8-15(11)25-18-16(21)17(23-10-24-18)22-9-12-5-2-3-6-14(12)20/h2-8,10H,9,21H2,1H3,(H2,22,23,24,25). The molecule has 0 bridgehead atoms. The highest BCUT2D eigenvalue weighted by atomic mass is 35.5. The lowest BCUT2D eigenvalue weighted by Crippen LogP contribution is -2.08. The van der Waals surface area contributed by atoms with E-state index in [2.05, 4.69) is 20.6 Å². The average molecular weight is 374 g/mol. The first-order valence-corrected chi connectivity index (χ1v) is 8.41. The minimum absolute atomic E-state index is 0.425. The molecule has 0 spiro atoms. The largest absolute Gasteiger partial charge is 0.393 e. The molecule has 7 heteroatoms. The maximum Gasteiger partial charge on any atom is 0.159 e. The third kappa shape index (κ3) is 3.95. The number of hydrogen-bond acceptors (Lipinski definition) is 5. The van der Waals surface area contributed by atoms with Gasteiger partial charge in [0.15, 0.2) is 11.6 Å². The van der Waals surface area contributed by atoms with Gasteiger partial charge in [-0.2, -0.15) is 0 Å². The fraction of sp³-hybridized carbons (Fsp3) is 0.111. The van der Waals surface area contributed by atoms with Gasteiger partial charge >= 0.3 is 0 Å². The van der Waals surface area contributed by atoms with E-state index in [1.807, 2.05) is 49.4 Å². The number of nitrogen functional groups attached to an aromatic ring is 1. The van der Waals surface area contributed by atoms with Crippen LogP contribution < -0.4 is 16.4 Å². The van der Waals surface area contributed by atoms with Crippen molar-refractivity contribution in [3.63, 3.8) is 0 Å². The summed E-state index contributed by atoms with van der Waals surface area (Å²) in [4.78, 5) is 8.43. The summed E-state index contributed by atoms with van der Waals surface area (Å²) < 4.78 is 0. The number of nitrogens with zero attached hydrogens (tertiary/aromatic N) is 2. The van der Waals surface area contributed by atoms with Gasteiger partial charge in [-0.3, -0.25) is 0 Å². The van der Waals surface area contributed by atoms with E-state index in [9.17, 15) is 0 Å². The molecular formula is C18H17Cl2N5. The summed E-state index contributed by atoms with van der Waals surface area (Å²) >= 11 is 12.3. The van der Waals surface area contributed by atoms with Crippen LogP contribution in [0.5, 0.6) is 0 Å². The van der Waals surface area contributed by atoms with E-state index < -0.39 is 0 Å². The SMILES string of the molecule is Cc1c(Cl)cccc1Nc1ncnc(NCc2ccccc2Cl)c1N. The summed E-state index contributed by atoms with van der Waals surface area (Å²) in [5.74, 6) is 1.05. The van der Waals surface area contributed by atoms with Crippen molar-refractivity contribution < 1.29 is 0 Å².